The van der Waals surface area contributed by atoms with Crippen LogP contribution < -0.4 is 0 Å². The molecule has 1 aromatic carbocycles. The van der Waals surface area contributed by atoms with Crippen molar-refractivity contribution >= 4 is 0 Å². The molecule has 0 unspecified atom stereocenters. The minimum Gasteiger partial charge on any atom is -0.337 e. The molecule has 0 bridgehead atoms. The number of benzene rings is 1. The number of hydrogen-bond donors (Lipinski definition) is 0. The molecular formula is C17H17N3. The van der Waals surface area contributed by atoms with Gasteiger partial charge in [0.05, 0.1) is 5.69 Å². The molecule has 0 fully saturated rings. The number of aromatic nitrogens is 3. The second-order valence-electron chi connectivity index (χ2n) is 4.84. The van der Waals surface area contributed by atoms with Crippen LogP contribution in [0.2, 0.25) is 0 Å². The molecule has 0 radical (unpaired) electrons. The summed E-state index contributed by atoms with van der Waals surface area (Å²) in [5.74, 6) is 1.09. The van der Waals surface area contributed by atoms with Crippen molar-refractivity contribution in [3.8, 4) is 11.3 Å². The Balaban J connectivity index is 1.76. The third kappa shape index (κ3) is 2.77. The molecule has 0 aliphatic heterocycles. The first-order valence-corrected chi connectivity index (χ1v) is 6.80. The SMILES string of the molecule is Cn1cc(-c2ccccc2)nc1CCc1ccccn1. The van der Waals surface area contributed by atoms with Gasteiger partial charge in [-0.2, -0.15) is 0 Å². The van der Waals surface area contributed by atoms with Gasteiger partial charge in [-0.1, -0.05) is 36.4 Å². The maximum absolute atomic E-state index is 4.73. The molecule has 3 heteroatoms. The van der Waals surface area contributed by atoms with Crippen LogP contribution in [0.25, 0.3) is 11.3 Å². The Morgan fingerprint density at radius 3 is 2.50 bits per heavy atom. The van der Waals surface area contributed by atoms with Crippen molar-refractivity contribution in [1.29, 1.82) is 0 Å². The molecule has 0 atom stereocenters. The van der Waals surface area contributed by atoms with Gasteiger partial charge in [0, 0.05) is 37.1 Å². The second-order valence-corrected chi connectivity index (χ2v) is 4.84. The van der Waals surface area contributed by atoms with Crippen molar-refractivity contribution in [2.24, 2.45) is 7.05 Å². The quantitative estimate of drug-likeness (QED) is 0.723. The molecular weight excluding hydrogens is 246 g/mol. The summed E-state index contributed by atoms with van der Waals surface area (Å²) in [5.41, 5.74) is 3.30. The van der Waals surface area contributed by atoms with Crippen LogP contribution in [-0.2, 0) is 19.9 Å². The van der Waals surface area contributed by atoms with Crippen molar-refractivity contribution in [3.05, 3.63) is 72.4 Å². The summed E-state index contributed by atoms with van der Waals surface area (Å²) in [6.07, 6.45) is 5.74. The van der Waals surface area contributed by atoms with E-state index in [1.54, 1.807) is 0 Å². The van der Waals surface area contributed by atoms with Crippen LogP contribution in [0.4, 0.5) is 0 Å². The van der Waals surface area contributed by atoms with Gasteiger partial charge in [0.1, 0.15) is 5.82 Å². The summed E-state index contributed by atoms with van der Waals surface area (Å²) in [4.78, 5) is 9.08. The van der Waals surface area contributed by atoms with Crippen LogP contribution in [0.1, 0.15) is 11.5 Å². The van der Waals surface area contributed by atoms with Crippen LogP contribution in [0, 0.1) is 0 Å². The lowest BCUT2D eigenvalue weighted by Crippen LogP contribution is -2.00. The van der Waals surface area contributed by atoms with E-state index in [9.17, 15) is 0 Å². The molecule has 0 saturated heterocycles. The minimum atomic E-state index is 0.903. The fourth-order valence-electron chi connectivity index (χ4n) is 2.27. The second kappa shape index (κ2) is 5.70. The topological polar surface area (TPSA) is 30.7 Å². The van der Waals surface area contributed by atoms with E-state index < -0.39 is 0 Å². The monoisotopic (exact) mass is 263 g/mol. The Kier molecular flexibility index (Phi) is 3.59. The van der Waals surface area contributed by atoms with Gasteiger partial charge in [0.15, 0.2) is 0 Å². The third-order valence-electron chi connectivity index (χ3n) is 3.37. The summed E-state index contributed by atoms with van der Waals surface area (Å²) >= 11 is 0. The molecule has 3 aromatic rings. The van der Waals surface area contributed by atoms with E-state index in [-0.39, 0.29) is 0 Å². The fraction of sp³-hybridized carbons (Fsp3) is 0.176. The number of aryl methyl sites for hydroxylation is 3. The normalized spacial score (nSPS) is 10.7. The van der Waals surface area contributed by atoms with E-state index in [4.69, 9.17) is 4.98 Å². The number of imidazole rings is 1. The van der Waals surface area contributed by atoms with Crippen molar-refractivity contribution in [3.63, 3.8) is 0 Å². The molecule has 0 spiro atoms. The predicted octanol–water partition coefficient (Wildman–Crippen LogP) is 3.27. The van der Waals surface area contributed by atoms with Gasteiger partial charge in [-0.05, 0) is 18.6 Å². The van der Waals surface area contributed by atoms with E-state index >= 15 is 0 Å². The first kappa shape index (κ1) is 12.6. The van der Waals surface area contributed by atoms with E-state index in [1.807, 2.05) is 43.6 Å². The highest BCUT2D eigenvalue weighted by Gasteiger charge is 2.07. The summed E-state index contributed by atoms with van der Waals surface area (Å²) < 4.78 is 2.10. The van der Waals surface area contributed by atoms with Crippen molar-refractivity contribution in [2.75, 3.05) is 0 Å². The molecule has 3 nitrogen and oxygen atoms in total. The van der Waals surface area contributed by atoms with Crippen LogP contribution in [0.5, 0.6) is 0 Å². The molecule has 2 aromatic heterocycles. The first-order valence-electron chi connectivity index (χ1n) is 6.80. The highest BCUT2D eigenvalue weighted by molar-refractivity contribution is 5.58. The standard InChI is InChI=1S/C17H17N3/c1-20-13-16(14-7-3-2-4-8-14)19-17(20)11-10-15-9-5-6-12-18-15/h2-9,12-13H,10-11H2,1H3. The number of rotatable bonds is 4. The van der Waals surface area contributed by atoms with Crippen LogP contribution in [-0.4, -0.2) is 14.5 Å². The zero-order valence-electron chi connectivity index (χ0n) is 11.5. The third-order valence-corrected chi connectivity index (χ3v) is 3.37. The van der Waals surface area contributed by atoms with Gasteiger partial charge < -0.3 is 4.57 Å². The Morgan fingerprint density at radius 2 is 1.75 bits per heavy atom. The molecule has 0 saturated carbocycles. The Hall–Kier alpha value is -2.42. The van der Waals surface area contributed by atoms with E-state index in [0.717, 1.165) is 35.6 Å². The van der Waals surface area contributed by atoms with Gasteiger partial charge in [0.25, 0.3) is 0 Å². The summed E-state index contributed by atoms with van der Waals surface area (Å²) in [6, 6.07) is 16.3. The molecule has 0 aliphatic rings. The molecule has 0 N–H and O–H groups in total. The molecule has 3 rings (SSSR count). The lowest BCUT2D eigenvalue weighted by Gasteiger charge is -2.00. The number of hydrogen-bond acceptors (Lipinski definition) is 2. The maximum Gasteiger partial charge on any atom is 0.109 e. The van der Waals surface area contributed by atoms with Crippen molar-refractivity contribution in [1.82, 2.24) is 14.5 Å². The van der Waals surface area contributed by atoms with E-state index in [2.05, 4.69) is 33.9 Å². The smallest absolute Gasteiger partial charge is 0.109 e. The lowest BCUT2D eigenvalue weighted by atomic mass is 10.2. The Morgan fingerprint density at radius 1 is 0.950 bits per heavy atom. The Bertz CT molecular complexity index is 672. The minimum absolute atomic E-state index is 0.903. The fourth-order valence-corrected chi connectivity index (χ4v) is 2.27. The average molecular weight is 263 g/mol. The average Bonchev–Trinajstić information content (AvgIpc) is 2.88. The molecule has 100 valence electrons. The predicted molar refractivity (Wildman–Crippen MR) is 80.3 cm³/mol. The number of nitrogens with zero attached hydrogens (tertiary/aromatic N) is 3. The molecule has 20 heavy (non-hydrogen) atoms. The molecule has 0 amide bonds. The van der Waals surface area contributed by atoms with E-state index in [1.165, 1.54) is 0 Å². The number of pyridine rings is 1. The molecule has 0 aliphatic carbocycles. The van der Waals surface area contributed by atoms with Crippen LogP contribution in [0.3, 0.4) is 0 Å². The van der Waals surface area contributed by atoms with Crippen molar-refractivity contribution in [2.45, 2.75) is 12.8 Å². The Labute approximate surface area is 118 Å². The summed E-state index contributed by atoms with van der Waals surface area (Å²) in [7, 11) is 2.05. The van der Waals surface area contributed by atoms with Crippen molar-refractivity contribution < 1.29 is 0 Å². The van der Waals surface area contributed by atoms with Gasteiger partial charge in [-0.15, -0.1) is 0 Å². The van der Waals surface area contributed by atoms with Gasteiger partial charge in [-0.25, -0.2) is 4.98 Å². The van der Waals surface area contributed by atoms with Crippen LogP contribution in [0.15, 0.2) is 60.9 Å². The molecule has 2 heterocycles. The highest BCUT2D eigenvalue weighted by atomic mass is 15.0. The largest absolute Gasteiger partial charge is 0.337 e. The van der Waals surface area contributed by atoms with Gasteiger partial charge in [-0.3, -0.25) is 4.98 Å². The first-order chi connectivity index (χ1) is 9.83. The summed E-state index contributed by atoms with van der Waals surface area (Å²) in [6.45, 7) is 0. The van der Waals surface area contributed by atoms with Crippen LogP contribution >= 0.6 is 0 Å². The summed E-state index contributed by atoms with van der Waals surface area (Å²) in [5, 5.41) is 0. The zero-order valence-corrected chi connectivity index (χ0v) is 11.5. The lowest BCUT2D eigenvalue weighted by molar-refractivity contribution is 0.762. The zero-order chi connectivity index (χ0) is 13.8. The van der Waals surface area contributed by atoms with Gasteiger partial charge in [0.2, 0.25) is 0 Å². The maximum atomic E-state index is 4.73. The van der Waals surface area contributed by atoms with E-state index in [0.29, 0.717) is 0 Å². The highest BCUT2D eigenvalue weighted by Crippen LogP contribution is 2.18. The van der Waals surface area contributed by atoms with Gasteiger partial charge >= 0.3 is 0 Å².